The first-order valence-electron chi connectivity index (χ1n) is 8.44. The van der Waals surface area contributed by atoms with Gasteiger partial charge in [0.2, 0.25) is 5.91 Å². The summed E-state index contributed by atoms with van der Waals surface area (Å²) >= 11 is 7.44. The van der Waals surface area contributed by atoms with Crippen molar-refractivity contribution in [2.75, 3.05) is 0 Å². The van der Waals surface area contributed by atoms with E-state index in [0.717, 1.165) is 21.8 Å². The van der Waals surface area contributed by atoms with E-state index in [0.29, 0.717) is 23.4 Å². The Morgan fingerprint density at radius 2 is 2.00 bits per heavy atom. The van der Waals surface area contributed by atoms with E-state index in [1.165, 1.54) is 11.3 Å². The maximum absolute atomic E-state index is 13.2. The Bertz CT molecular complexity index is 1010. The van der Waals surface area contributed by atoms with E-state index in [1.54, 1.807) is 4.57 Å². The lowest BCUT2D eigenvalue weighted by Gasteiger charge is -2.15. The normalized spacial score (nSPS) is 11.4. The quantitative estimate of drug-likeness (QED) is 0.687. The lowest BCUT2D eigenvalue weighted by atomic mass is 10.1. The zero-order valence-corrected chi connectivity index (χ0v) is 16.2. The summed E-state index contributed by atoms with van der Waals surface area (Å²) in [4.78, 5) is 29.7. The van der Waals surface area contributed by atoms with Crippen LogP contribution < -0.4 is 11.3 Å². The minimum absolute atomic E-state index is 0.0747. The van der Waals surface area contributed by atoms with Gasteiger partial charge in [-0.05, 0) is 24.1 Å². The predicted molar refractivity (Wildman–Crippen MR) is 107 cm³/mol. The number of amides is 1. The van der Waals surface area contributed by atoms with Crippen LogP contribution in [-0.2, 0) is 11.3 Å². The Balaban J connectivity index is 2.15. The summed E-state index contributed by atoms with van der Waals surface area (Å²) in [5.41, 5.74) is 6.94. The first-order valence-corrected chi connectivity index (χ1v) is 9.70. The molecule has 0 aliphatic heterocycles. The smallest absolute Gasteiger partial charge is 0.262 e. The summed E-state index contributed by atoms with van der Waals surface area (Å²) in [7, 11) is 0. The lowest BCUT2D eigenvalue weighted by molar-refractivity contribution is -0.118. The highest BCUT2D eigenvalue weighted by atomic mass is 35.5. The molecule has 2 aromatic heterocycles. The Morgan fingerprint density at radius 3 is 2.62 bits per heavy atom. The number of rotatable bonds is 6. The standard InChI is InChI=1S/C19H20ClN3O2S/c1-11(2)17-22-18-16(19(25)23(17)9-3-4-15(21)24)14(10-26-18)12-5-7-13(20)8-6-12/h5-8,10-11H,3-4,9H2,1-2H3,(H2,21,24). The summed E-state index contributed by atoms with van der Waals surface area (Å²) in [5.74, 6) is 0.466. The Hall–Kier alpha value is -2.18. The average molecular weight is 390 g/mol. The maximum Gasteiger partial charge on any atom is 0.262 e. The van der Waals surface area contributed by atoms with E-state index in [9.17, 15) is 9.59 Å². The first-order chi connectivity index (χ1) is 12.4. The van der Waals surface area contributed by atoms with Crippen LogP contribution in [0.1, 0.15) is 38.4 Å². The van der Waals surface area contributed by atoms with Crippen molar-refractivity contribution >= 4 is 39.1 Å². The largest absolute Gasteiger partial charge is 0.370 e. The van der Waals surface area contributed by atoms with E-state index in [4.69, 9.17) is 22.3 Å². The van der Waals surface area contributed by atoms with Crippen LogP contribution in [0.15, 0.2) is 34.4 Å². The molecule has 26 heavy (non-hydrogen) atoms. The molecule has 0 spiro atoms. The summed E-state index contributed by atoms with van der Waals surface area (Å²) < 4.78 is 1.68. The molecule has 5 nitrogen and oxygen atoms in total. The zero-order valence-electron chi connectivity index (χ0n) is 14.7. The molecule has 0 atom stereocenters. The highest BCUT2D eigenvalue weighted by Gasteiger charge is 2.18. The van der Waals surface area contributed by atoms with Crippen molar-refractivity contribution < 1.29 is 4.79 Å². The van der Waals surface area contributed by atoms with Crippen molar-refractivity contribution in [3.63, 3.8) is 0 Å². The molecule has 1 aromatic carbocycles. The van der Waals surface area contributed by atoms with Crippen LogP contribution in [-0.4, -0.2) is 15.5 Å². The molecule has 136 valence electrons. The molecule has 0 fully saturated rings. The van der Waals surface area contributed by atoms with Gasteiger partial charge in [-0.25, -0.2) is 4.98 Å². The molecular formula is C19H20ClN3O2S. The van der Waals surface area contributed by atoms with Gasteiger partial charge in [0.1, 0.15) is 10.7 Å². The van der Waals surface area contributed by atoms with Gasteiger partial charge in [0, 0.05) is 34.8 Å². The molecular weight excluding hydrogens is 370 g/mol. The summed E-state index contributed by atoms with van der Waals surface area (Å²) in [6.07, 6.45) is 0.762. The number of carbonyl (C=O) groups excluding carboxylic acids is 1. The third kappa shape index (κ3) is 3.66. The van der Waals surface area contributed by atoms with Crippen molar-refractivity contribution in [2.45, 2.75) is 39.2 Å². The number of aromatic nitrogens is 2. The summed E-state index contributed by atoms with van der Waals surface area (Å²) in [6, 6.07) is 7.41. The lowest BCUT2D eigenvalue weighted by Crippen LogP contribution is -2.26. The third-order valence-corrected chi connectivity index (χ3v) is 5.32. The number of fused-ring (bicyclic) bond motifs is 1. The van der Waals surface area contributed by atoms with E-state index < -0.39 is 0 Å². The van der Waals surface area contributed by atoms with Gasteiger partial charge in [-0.3, -0.25) is 14.2 Å². The Kier molecular flexibility index (Phi) is 5.44. The van der Waals surface area contributed by atoms with Crippen LogP contribution >= 0.6 is 22.9 Å². The van der Waals surface area contributed by atoms with Crippen LogP contribution in [0.3, 0.4) is 0 Å². The molecule has 0 radical (unpaired) electrons. The second kappa shape index (κ2) is 7.60. The molecule has 7 heteroatoms. The van der Waals surface area contributed by atoms with Crippen LogP contribution in [0.25, 0.3) is 21.3 Å². The molecule has 0 saturated carbocycles. The van der Waals surface area contributed by atoms with Gasteiger partial charge >= 0.3 is 0 Å². The summed E-state index contributed by atoms with van der Waals surface area (Å²) in [6.45, 7) is 4.44. The van der Waals surface area contributed by atoms with Gasteiger partial charge in [0.25, 0.3) is 5.56 Å². The van der Waals surface area contributed by atoms with Gasteiger partial charge in [0.15, 0.2) is 0 Å². The Labute approximate surface area is 160 Å². The number of carbonyl (C=O) groups is 1. The highest BCUT2D eigenvalue weighted by Crippen LogP contribution is 2.32. The van der Waals surface area contributed by atoms with Crippen molar-refractivity contribution in [3.05, 3.63) is 50.8 Å². The minimum Gasteiger partial charge on any atom is -0.370 e. The predicted octanol–water partition coefficient (Wildman–Crippen LogP) is 4.17. The highest BCUT2D eigenvalue weighted by molar-refractivity contribution is 7.17. The monoisotopic (exact) mass is 389 g/mol. The first kappa shape index (κ1) is 18.6. The molecule has 0 saturated heterocycles. The molecule has 3 aromatic rings. The number of halogens is 1. The minimum atomic E-state index is -0.365. The molecule has 0 aliphatic rings. The van der Waals surface area contributed by atoms with Crippen LogP contribution in [0.2, 0.25) is 5.02 Å². The second-order valence-electron chi connectivity index (χ2n) is 6.49. The number of thiophene rings is 1. The van der Waals surface area contributed by atoms with E-state index >= 15 is 0 Å². The SMILES string of the molecule is CC(C)c1nc2scc(-c3ccc(Cl)cc3)c2c(=O)n1CCCC(N)=O. The van der Waals surface area contributed by atoms with E-state index in [2.05, 4.69) is 0 Å². The summed E-state index contributed by atoms with van der Waals surface area (Å²) in [5, 5.41) is 3.22. The Morgan fingerprint density at radius 1 is 1.31 bits per heavy atom. The van der Waals surface area contributed by atoms with Gasteiger partial charge in [0.05, 0.1) is 5.39 Å². The van der Waals surface area contributed by atoms with Crippen molar-refractivity contribution in [1.29, 1.82) is 0 Å². The maximum atomic E-state index is 13.2. The van der Waals surface area contributed by atoms with Crippen LogP contribution in [0, 0.1) is 0 Å². The number of benzene rings is 1. The average Bonchev–Trinajstić information content (AvgIpc) is 3.01. The zero-order chi connectivity index (χ0) is 18.8. The second-order valence-corrected chi connectivity index (χ2v) is 7.78. The number of hydrogen-bond donors (Lipinski definition) is 1. The molecule has 0 bridgehead atoms. The third-order valence-electron chi connectivity index (χ3n) is 4.20. The molecule has 0 aliphatic carbocycles. The van der Waals surface area contributed by atoms with Crippen LogP contribution in [0.4, 0.5) is 0 Å². The van der Waals surface area contributed by atoms with E-state index in [1.807, 2.05) is 43.5 Å². The van der Waals surface area contributed by atoms with Gasteiger partial charge in [-0.1, -0.05) is 37.6 Å². The number of primary amides is 1. The van der Waals surface area contributed by atoms with Gasteiger partial charge in [-0.15, -0.1) is 11.3 Å². The fourth-order valence-corrected chi connectivity index (χ4v) is 4.02. The number of hydrogen-bond acceptors (Lipinski definition) is 4. The number of nitrogens with zero attached hydrogens (tertiary/aromatic N) is 2. The van der Waals surface area contributed by atoms with Crippen LogP contribution in [0.5, 0.6) is 0 Å². The fraction of sp³-hybridized carbons (Fsp3) is 0.316. The molecule has 1 amide bonds. The van der Waals surface area contributed by atoms with E-state index in [-0.39, 0.29) is 23.8 Å². The van der Waals surface area contributed by atoms with Gasteiger partial charge in [-0.2, -0.15) is 0 Å². The fourth-order valence-electron chi connectivity index (χ4n) is 2.95. The molecule has 0 unspecified atom stereocenters. The number of nitrogens with two attached hydrogens (primary N) is 1. The van der Waals surface area contributed by atoms with Crippen molar-refractivity contribution in [2.24, 2.45) is 5.73 Å². The van der Waals surface area contributed by atoms with Crippen molar-refractivity contribution in [1.82, 2.24) is 9.55 Å². The van der Waals surface area contributed by atoms with Gasteiger partial charge < -0.3 is 5.73 Å². The molecule has 2 heterocycles. The van der Waals surface area contributed by atoms with Crippen molar-refractivity contribution in [3.8, 4) is 11.1 Å². The topological polar surface area (TPSA) is 78.0 Å². The molecule has 2 N–H and O–H groups in total. The molecule has 3 rings (SSSR count).